The van der Waals surface area contributed by atoms with Gasteiger partial charge in [0.2, 0.25) is 0 Å². The van der Waals surface area contributed by atoms with E-state index < -0.39 is 5.97 Å². The van der Waals surface area contributed by atoms with E-state index in [1.807, 2.05) is 0 Å². The van der Waals surface area contributed by atoms with E-state index in [4.69, 9.17) is 4.74 Å². The number of ether oxygens (including phenoxy) is 1. The van der Waals surface area contributed by atoms with Gasteiger partial charge in [-0.3, -0.25) is 4.79 Å². The average molecular weight is 244 g/mol. The fourth-order valence-electron chi connectivity index (χ4n) is 1.58. The standard InChI is InChI=1S/C13H12N2O3/c1-2-18-12(17)4-3-9-5-11-10(8-16)7-15-13(11)14-6-9/h3-8H,2H2,1H3,(H,14,15). The Morgan fingerprint density at radius 1 is 1.56 bits per heavy atom. The lowest BCUT2D eigenvalue weighted by Gasteiger charge is -1.96. The first kappa shape index (κ1) is 12.0. The summed E-state index contributed by atoms with van der Waals surface area (Å²) >= 11 is 0. The zero-order chi connectivity index (χ0) is 13.0. The van der Waals surface area contributed by atoms with Crippen molar-refractivity contribution in [3.63, 3.8) is 0 Å². The highest BCUT2D eigenvalue weighted by molar-refractivity contribution is 5.96. The summed E-state index contributed by atoms with van der Waals surface area (Å²) < 4.78 is 4.77. The number of pyridine rings is 1. The first-order chi connectivity index (χ1) is 8.74. The first-order valence-electron chi connectivity index (χ1n) is 5.51. The van der Waals surface area contributed by atoms with Crippen LogP contribution in [0.5, 0.6) is 0 Å². The van der Waals surface area contributed by atoms with Crippen molar-refractivity contribution in [2.45, 2.75) is 6.92 Å². The maximum atomic E-state index is 11.2. The van der Waals surface area contributed by atoms with Gasteiger partial charge in [0.25, 0.3) is 0 Å². The molecule has 5 nitrogen and oxygen atoms in total. The molecule has 18 heavy (non-hydrogen) atoms. The maximum absolute atomic E-state index is 11.2. The lowest BCUT2D eigenvalue weighted by atomic mass is 10.2. The number of carbonyl (C=O) groups is 2. The number of fused-ring (bicyclic) bond motifs is 1. The second kappa shape index (κ2) is 5.27. The highest BCUT2D eigenvalue weighted by atomic mass is 16.5. The second-order valence-electron chi connectivity index (χ2n) is 3.61. The summed E-state index contributed by atoms with van der Waals surface area (Å²) in [6.07, 6.45) is 6.91. The van der Waals surface area contributed by atoms with Gasteiger partial charge in [-0.25, -0.2) is 9.78 Å². The molecule has 0 fully saturated rings. The van der Waals surface area contributed by atoms with Crippen molar-refractivity contribution in [1.82, 2.24) is 9.97 Å². The zero-order valence-electron chi connectivity index (χ0n) is 9.84. The van der Waals surface area contributed by atoms with Crippen molar-refractivity contribution in [2.75, 3.05) is 6.61 Å². The van der Waals surface area contributed by atoms with E-state index in [2.05, 4.69) is 9.97 Å². The topological polar surface area (TPSA) is 72.0 Å². The van der Waals surface area contributed by atoms with Crippen molar-refractivity contribution in [2.24, 2.45) is 0 Å². The first-order valence-corrected chi connectivity index (χ1v) is 5.51. The Kier molecular flexibility index (Phi) is 3.52. The molecule has 2 aromatic heterocycles. The van der Waals surface area contributed by atoms with Gasteiger partial charge in [-0.05, 0) is 24.6 Å². The number of hydrogen-bond acceptors (Lipinski definition) is 4. The molecule has 0 aliphatic rings. The third-order valence-corrected chi connectivity index (χ3v) is 2.41. The highest BCUT2D eigenvalue weighted by Gasteiger charge is 2.04. The number of aldehydes is 1. The predicted octanol–water partition coefficient (Wildman–Crippen LogP) is 1.95. The van der Waals surface area contributed by atoms with Crippen LogP contribution in [0.1, 0.15) is 22.8 Å². The summed E-state index contributed by atoms with van der Waals surface area (Å²) in [5, 5.41) is 0.732. The lowest BCUT2D eigenvalue weighted by Crippen LogP contribution is -1.98. The second-order valence-corrected chi connectivity index (χ2v) is 3.61. The molecule has 0 amide bonds. The van der Waals surface area contributed by atoms with Gasteiger partial charge in [0.15, 0.2) is 6.29 Å². The van der Waals surface area contributed by atoms with E-state index in [1.165, 1.54) is 6.08 Å². The van der Waals surface area contributed by atoms with Gasteiger partial charge in [-0.2, -0.15) is 0 Å². The van der Waals surface area contributed by atoms with Crippen LogP contribution in [0.3, 0.4) is 0 Å². The summed E-state index contributed by atoms with van der Waals surface area (Å²) in [5.74, 6) is -0.401. The van der Waals surface area contributed by atoms with E-state index in [0.29, 0.717) is 17.8 Å². The Hall–Kier alpha value is -2.43. The fraction of sp³-hybridized carbons (Fsp3) is 0.154. The molecule has 2 heterocycles. The van der Waals surface area contributed by atoms with Crippen molar-refractivity contribution in [3.05, 3.63) is 35.7 Å². The molecule has 0 aliphatic carbocycles. The normalized spacial score (nSPS) is 10.9. The minimum Gasteiger partial charge on any atom is -0.463 e. The number of nitrogens with one attached hydrogen (secondary N) is 1. The summed E-state index contributed by atoms with van der Waals surface area (Å²) in [6, 6.07) is 1.79. The number of hydrogen-bond donors (Lipinski definition) is 1. The van der Waals surface area contributed by atoms with Gasteiger partial charge in [0.05, 0.1) is 6.61 Å². The number of aromatic nitrogens is 2. The Bertz CT molecular complexity index is 614. The lowest BCUT2D eigenvalue weighted by molar-refractivity contribution is -0.137. The largest absolute Gasteiger partial charge is 0.463 e. The van der Waals surface area contributed by atoms with E-state index in [-0.39, 0.29) is 0 Å². The summed E-state index contributed by atoms with van der Waals surface area (Å²) in [5.41, 5.74) is 1.92. The van der Waals surface area contributed by atoms with Crippen LogP contribution in [-0.2, 0) is 9.53 Å². The fourth-order valence-corrected chi connectivity index (χ4v) is 1.58. The molecular weight excluding hydrogens is 232 g/mol. The molecule has 2 aromatic rings. The molecule has 0 radical (unpaired) electrons. The molecule has 0 unspecified atom stereocenters. The predicted molar refractivity (Wildman–Crippen MR) is 67.1 cm³/mol. The molecule has 2 rings (SSSR count). The smallest absolute Gasteiger partial charge is 0.330 e. The van der Waals surface area contributed by atoms with Crippen molar-refractivity contribution in [3.8, 4) is 0 Å². The maximum Gasteiger partial charge on any atom is 0.330 e. The minimum atomic E-state index is -0.401. The van der Waals surface area contributed by atoms with Crippen LogP contribution in [-0.4, -0.2) is 28.8 Å². The molecule has 0 bridgehead atoms. The van der Waals surface area contributed by atoms with Crippen LogP contribution in [0, 0.1) is 0 Å². The number of carbonyl (C=O) groups excluding carboxylic acids is 2. The van der Waals surface area contributed by atoms with Crippen molar-refractivity contribution >= 4 is 29.4 Å². The van der Waals surface area contributed by atoms with Gasteiger partial charge in [-0.1, -0.05) is 0 Å². The van der Waals surface area contributed by atoms with Crippen molar-refractivity contribution < 1.29 is 14.3 Å². The van der Waals surface area contributed by atoms with Crippen molar-refractivity contribution in [1.29, 1.82) is 0 Å². The Morgan fingerprint density at radius 2 is 2.39 bits per heavy atom. The van der Waals surface area contributed by atoms with Crippen LogP contribution < -0.4 is 0 Å². The molecule has 0 saturated heterocycles. The number of aromatic amines is 1. The number of rotatable bonds is 4. The van der Waals surface area contributed by atoms with Crippen LogP contribution in [0.25, 0.3) is 17.1 Å². The Balaban J connectivity index is 2.29. The number of H-pyrrole nitrogens is 1. The zero-order valence-corrected chi connectivity index (χ0v) is 9.84. The minimum absolute atomic E-state index is 0.341. The van der Waals surface area contributed by atoms with Crippen LogP contribution in [0.4, 0.5) is 0 Å². The molecule has 5 heteroatoms. The molecule has 0 aliphatic heterocycles. The van der Waals surface area contributed by atoms with E-state index in [9.17, 15) is 9.59 Å². The molecule has 0 saturated carbocycles. The molecule has 0 aromatic carbocycles. The number of nitrogens with zero attached hydrogens (tertiary/aromatic N) is 1. The molecule has 0 spiro atoms. The summed E-state index contributed by atoms with van der Waals surface area (Å²) in [7, 11) is 0. The summed E-state index contributed by atoms with van der Waals surface area (Å²) in [4.78, 5) is 29.0. The van der Waals surface area contributed by atoms with E-state index in [1.54, 1.807) is 31.5 Å². The molecule has 0 atom stereocenters. The van der Waals surface area contributed by atoms with Gasteiger partial charge in [0.1, 0.15) is 5.65 Å². The van der Waals surface area contributed by atoms with Gasteiger partial charge in [-0.15, -0.1) is 0 Å². The number of esters is 1. The third-order valence-electron chi connectivity index (χ3n) is 2.41. The van der Waals surface area contributed by atoms with Gasteiger partial charge in [0, 0.05) is 29.4 Å². The Morgan fingerprint density at radius 3 is 3.11 bits per heavy atom. The average Bonchev–Trinajstić information content (AvgIpc) is 2.79. The van der Waals surface area contributed by atoms with Gasteiger partial charge < -0.3 is 9.72 Å². The molecule has 1 N–H and O–H groups in total. The van der Waals surface area contributed by atoms with Crippen LogP contribution in [0.2, 0.25) is 0 Å². The quantitative estimate of drug-likeness (QED) is 0.507. The van der Waals surface area contributed by atoms with E-state index >= 15 is 0 Å². The summed E-state index contributed by atoms with van der Waals surface area (Å²) in [6.45, 7) is 2.09. The molecular formula is C13H12N2O3. The third kappa shape index (κ3) is 2.45. The van der Waals surface area contributed by atoms with E-state index in [0.717, 1.165) is 17.2 Å². The highest BCUT2D eigenvalue weighted by Crippen LogP contribution is 2.16. The molecule has 92 valence electrons. The van der Waals surface area contributed by atoms with Crippen LogP contribution in [0.15, 0.2) is 24.5 Å². The monoisotopic (exact) mass is 244 g/mol. The van der Waals surface area contributed by atoms with Crippen LogP contribution >= 0.6 is 0 Å². The SMILES string of the molecule is CCOC(=O)C=Cc1cnc2[nH]cc(C=O)c2c1. The Labute approximate surface area is 103 Å². The van der Waals surface area contributed by atoms with Gasteiger partial charge >= 0.3 is 5.97 Å².